The SMILES string of the molecule is Cl.O=C(CN1CCC2CNCC2C1)N1CCCCC1. The fourth-order valence-electron chi connectivity index (χ4n) is 3.69. The Kier molecular flexibility index (Phi) is 5.48. The number of amides is 1. The van der Waals surface area contributed by atoms with Crippen molar-refractivity contribution < 1.29 is 4.79 Å². The molecule has 3 heterocycles. The molecule has 0 radical (unpaired) electrons. The molecule has 0 aromatic heterocycles. The van der Waals surface area contributed by atoms with Gasteiger partial charge in [0.05, 0.1) is 6.54 Å². The second kappa shape index (κ2) is 6.91. The predicted octanol–water partition coefficient (Wildman–Crippen LogP) is 0.962. The summed E-state index contributed by atoms with van der Waals surface area (Å²) in [5, 5.41) is 3.48. The molecule has 3 aliphatic rings. The van der Waals surface area contributed by atoms with E-state index in [0.717, 1.165) is 44.6 Å². The lowest BCUT2D eigenvalue weighted by Crippen LogP contribution is -2.47. The highest BCUT2D eigenvalue weighted by Gasteiger charge is 2.33. The first-order valence-electron chi connectivity index (χ1n) is 7.54. The second-order valence-electron chi connectivity index (χ2n) is 6.14. The van der Waals surface area contributed by atoms with E-state index in [0.29, 0.717) is 12.5 Å². The summed E-state index contributed by atoms with van der Waals surface area (Å²) in [6, 6.07) is 0. The van der Waals surface area contributed by atoms with Crippen LogP contribution < -0.4 is 5.32 Å². The van der Waals surface area contributed by atoms with Gasteiger partial charge in [-0.2, -0.15) is 0 Å². The summed E-state index contributed by atoms with van der Waals surface area (Å²) >= 11 is 0. The summed E-state index contributed by atoms with van der Waals surface area (Å²) in [6.45, 7) is 7.21. The number of carbonyl (C=O) groups is 1. The van der Waals surface area contributed by atoms with E-state index in [1.165, 1.54) is 32.2 Å². The van der Waals surface area contributed by atoms with E-state index >= 15 is 0 Å². The van der Waals surface area contributed by atoms with Crippen molar-refractivity contribution in [1.82, 2.24) is 15.1 Å². The summed E-state index contributed by atoms with van der Waals surface area (Å²) < 4.78 is 0. The van der Waals surface area contributed by atoms with Gasteiger partial charge in [0.15, 0.2) is 0 Å². The van der Waals surface area contributed by atoms with Crippen LogP contribution in [-0.4, -0.2) is 61.5 Å². The quantitative estimate of drug-likeness (QED) is 0.822. The van der Waals surface area contributed by atoms with Gasteiger partial charge in [-0.1, -0.05) is 0 Å². The molecule has 3 saturated heterocycles. The summed E-state index contributed by atoms with van der Waals surface area (Å²) in [6.07, 6.45) is 4.95. The number of rotatable bonds is 2. The van der Waals surface area contributed by atoms with E-state index in [9.17, 15) is 4.79 Å². The van der Waals surface area contributed by atoms with Gasteiger partial charge in [-0.3, -0.25) is 9.69 Å². The van der Waals surface area contributed by atoms with E-state index in [4.69, 9.17) is 0 Å². The molecule has 3 fully saturated rings. The molecule has 19 heavy (non-hydrogen) atoms. The number of nitrogens with one attached hydrogen (secondary N) is 1. The molecule has 3 rings (SSSR count). The molecule has 1 N–H and O–H groups in total. The first-order chi connectivity index (χ1) is 8.83. The zero-order valence-corrected chi connectivity index (χ0v) is 12.5. The van der Waals surface area contributed by atoms with Crippen LogP contribution >= 0.6 is 12.4 Å². The lowest BCUT2D eigenvalue weighted by atomic mass is 9.89. The van der Waals surface area contributed by atoms with Gasteiger partial charge in [0.2, 0.25) is 5.91 Å². The van der Waals surface area contributed by atoms with E-state index in [1.807, 2.05) is 0 Å². The summed E-state index contributed by atoms with van der Waals surface area (Å²) in [5.41, 5.74) is 0. The highest BCUT2D eigenvalue weighted by molar-refractivity contribution is 5.85. The third-order valence-electron chi connectivity index (χ3n) is 4.86. The van der Waals surface area contributed by atoms with Gasteiger partial charge in [0.25, 0.3) is 0 Å². The lowest BCUT2D eigenvalue weighted by Gasteiger charge is -2.36. The highest BCUT2D eigenvalue weighted by atomic mass is 35.5. The van der Waals surface area contributed by atoms with Gasteiger partial charge in [-0.25, -0.2) is 0 Å². The maximum Gasteiger partial charge on any atom is 0.236 e. The zero-order chi connectivity index (χ0) is 12.4. The van der Waals surface area contributed by atoms with E-state index in [1.54, 1.807) is 0 Å². The first kappa shape index (κ1) is 15.1. The number of halogens is 1. The Hall–Kier alpha value is -0.320. The average Bonchev–Trinajstić information content (AvgIpc) is 2.87. The van der Waals surface area contributed by atoms with Gasteiger partial charge in [-0.15, -0.1) is 12.4 Å². The topological polar surface area (TPSA) is 35.6 Å². The Morgan fingerprint density at radius 3 is 2.58 bits per heavy atom. The van der Waals surface area contributed by atoms with Crippen molar-refractivity contribution >= 4 is 18.3 Å². The number of likely N-dealkylation sites (tertiary alicyclic amines) is 2. The van der Waals surface area contributed by atoms with Crippen molar-refractivity contribution in [3.05, 3.63) is 0 Å². The van der Waals surface area contributed by atoms with Crippen LogP contribution in [0.3, 0.4) is 0 Å². The largest absolute Gasteiger partial charge is 0.342 e. The van der Waals surface area contributed by atoms with Crippen molar-refractivity contribution in [1.29, 1.82) is 0 Å². The Morgan fingerprint density at radius 2 is 1.79 bits per heavy atom. The number of fused-ring (bicyclic) bond motifs is 1. The van der Waals surface area contributed by atoms with Crippen molar-refractivity contribution in [3.8, 4) is 0 Å². The van der Waals surface area contributed by atoms with Crippen LogP contribution in [0, 0.1) is 11.8 Å². The van der Waals surface area contributed by atoms with E-state index in [2.05, 4.69) is 15.1 Å². The van der Waals surface area contributed by atoms with Crippen molar-refractivity contribution in [2.45, 2.75) is 25.7 Å². The minimum atomic E-state index is 0. The summed E-state index contributed by atoms with van der Waals surface area (Å²) in [5.74, 6) is 2.01. The van der Waals surface area contributed by atoms with Gasteiger partial charge >= 0.3 is 0 Å². The van der Waals surface area contributed by atoms with Crippen LogP contribution in [0.2, 0.25) is 0 Å². The molecule has 5 heteroatoms. The fourth-order valence-corrected chi connectivity index (χ4v) is 3.69. The average molecular weight is 288 g/mol. The third-order valence-corrected chi connectivity index (χ3v) is 4.86. The second-order valence-corrected chi connectivity index (χ2v) is 6.14. The van der Waals surface area contributed by atoms with Crippen LogP contribution in [0.15, 0.2) is 0 Å². The fraction of sp³-hybridized carbons (Fsp3) is 0.929. The number of hydrogen-bond donors (Lipinski definition) is 1. The number of hydrogen-bond acceptors (Lipinski definition) is 3. The monoisotopic (exact) mass is 287 g/mol. The van der Waals surface area contributed by atoms with Crippen LogP contribution in [0.1, 0.15) is 25.7 Å². The number of carbonyl (C=O) groups excluding carboxylic acids is 1. The molecule has 3 aliphatic heterocycles. The van der Waals surface area contributed by atoms with Crippen molar-refractivity contribution in [2.24, 2.45) is 11.8 Å². The van der Waals surface area contributed by atoms with Crippen molar-refractivity contribution in [2.75, 3.05) is 45.8 Å². The molecule has 0 aliphatic carbocycles. The molecule has 1 amide bonds. The van der Waals surface area contributed by atoms with E-state index in [-0.39, 0.29) is 12.4 Å². The third kappa shape index (κ3) is 3.61. The maximum absolute atomic E-state index is 12.2. The van der Waals surface area contributed by atoms with E-state index < -0.39 is 0 Å². The maximum atomic E-state index is 12.2. The minimum absolute atomic E-state index is 0. The normalized spacial score (nSPS) is 31.7. The van der Waals surface area contributed by atoms with Crippen LogP contribution in [0.5, 0.6) is 0 Å². The smallest absolute Gasteiger partial charge is 0.236 e. The Morgan fingerprint density at radius 1 is 1.05 bits per heavy atom. The number of nitrogens with zero attached hydrogens (tertiary/aromatic N) is 2. The molecule has 0 bridgehead atoms. The first-order valence-corrected chi connectivity index (χ1v) is 7.54. The molecule has 0 saturated carbocycles. The molecular formula is C14H26ClN3O. The standard InChI is InChI=1S/C14H25N3O.ClH/c18-14(17-5-2-1-3-6-17)11-16-7-4-12-8-15-9-13(12)10-16;/h12-13,15H,1-11H2;1H. The number of piperidine rings is 2. The lowest BCUT2D eigenvalue weighted by molar-refractivity contribution is -0.133. The zero-order valence-electron chi connectivity index (χ0n) is 11.6. The van der Waals surface area contributed by atoms with Crippen LogP contribution in [-0.2, 0) is 4.79 Å². The van der Waals surface area contributed by atoms with Gasteiger partial charge in [0.1, 0.15) is 0 Å². The summed E-state index contributed by atoms with van der Waals surface area (Å²) in [4.78, 5) is 16.7. The van der Waals surface area contributed by atoms with Crippen LogP contribution in [0.4, 0.5) is 0 Å². The molecule has 2 atom stereocenters. The molecule has 0 aromatic rings. The molecule has 2 unspecified atom stereocenters. The highest BCUT2D eigenvalue weighted by Crippen LogP contribution is 2.26. The molecule has 0 spiro atoms. The predicted molar refractivity (Wildman–Crippen MR) is 78.6 cm³/mol. The van der Waals surface area contributed by atoms with Gasteiger partial charge in [-0.05, 0) is 57.2 Å². The van der Waals surface area contributed by atoms with Gasteiger partial charge in [0, 0.05) is 19.6 Å². The molecule has 4 nitrogen and oxygen atoms in total. The summed E-state index contributed by atoms with van der Waals surface area (Å²) in [7, 11) is 0. The minimum Gasteiger partial charge on any atom is -0.342 e. The van der Waals surface area contributed by atoms with Crippen LogP contribution in [0.25, 0.3) is 0 Å². The molecule has 0 aromatic carbocycles. The Bertz CT molecular complexity index is 307. The molecule has 110 valence electrons. The van der Waals surface area contributed by atoms with Crippen molar-refractivity contribution in [3.63, 3.8) is 0 Å². The Balaban J connectivity index is 0.00000133. The van der Waals surface area contributed by atoms with Gasteiger partial charge < -0.3 is 10.2 Å². The Labute approximate surface area is 122 Å². The molecular weight excluding hydrogens is 262 g/mol.